The number of aromatic nitrogens is 1. The van der Waals surface area contributed by atoms with Crippen molar-refractivity contribution in [1.82, 2.24) is 4.98 Å². The van der Waals surface area contributed by atoms with E-state index in [1.54, 1.807) is 7.11 Å². The highest BCUT2D eigenvalue weighted by Crippen LogP contribution is 2.23. The van der Waals surface area contributed by atoms with Crippen molar-refractivity contribution in [3.8, 4) is 5.75 Å². The molecule has 0 aliphatic heterocycles. The second kappa shape index (κ2) is 6.93. The van der Waals surface area contributed by atoms with Gasteiger partial charge in [0, 0.05) is 11.1 Å². The lowest BCUT2D eigenvalue weighted by molar-refractivity contribution is 0.102. The second-order valence-corrected chi connectivity index (χ2v) is 6.41. The zero-order chi connectivity index (χ0) is 18.0. The van der Waals surface area contributed by atoms with E-state index in [-0.39, 0.29) is 5.91 Å². The molecule has 0 radical (unpaired) electrons. The molecule has 1 heterocycles. The topological polar surface area (TPSA) is 51.2 Å². The monoisotopic (exact) mass is 334 g/mol. The standard InChI is InChI=1S/C21H22N2O2/c1-13(2)15-5-7-17(8-6-15)23-21(24)19-12-16-11-18(25-4)9-10-20(16)22-14(19)3/h5-13H,1-4H3,(H,23,24). The first-order valence-electron chi connectivity index (χ1n) is 8.34. The first-order chi connectivity index (χ1) is 12.0. The van der Waals surface area contributed by atoms with Crippen LogP contribution in [-0.2, 0) is 0 Å². The molecule has 1 aromatic heterocycles. The van der Waals surface area contributed by atoms with E-state index in [1.807, 2.05) is 55.5 Å². The molecule has 0 saturated carbocycles. The predicted molar refractivity (Wildman–Crippen MR) is 102 cm³/mol. The number of fused-ring (bicyclic) bond motifs is 1. The highest BCUT2D eigenvalue weighted by atomic mass is 16.5. The fourth-order valence-electron chi connectivity index (χ4n) is 2.76. The van der Waals surface area contributed by atoms with Gasteiger partial charge in [-0.2, -0.15) is 0 Å². The Morgan fingerprint density at radius 3 is 2.44 bits per heavy atom. The van der Waals surface area contributed by atoms with E-state index in [0.717, 1.165) is 22.3 Å². The number of nitrogens with one attached hydrogen (secondary N) is 1. The first kappa shape index (κ1) is 17.0. The molecule has 4 nitrogen and oxygen atoms in total. The van der Waals surface area contributed by atoms with Crippen molar-refractivity contribution in [2.24, 2.45) is 0 Å². The van der Waals surface area contributed by atoms with E-state index in [9.17, 15) is 4.79 Å². The molecule has 1 N–H and O–H groups in total. The smallest absolute Gasteiger partial charge is 0.257 e. The number of aryl methyl sites for hydroxylation is 1. The summed E-state index contributed by atoms with van der Waals surface area (Å²) in [6.07, 6.45) is 0. The zero-order valence-corrected chi connectivity index (χ0v) is 15.0. The number of rotatable bonds is 4. The molecule has 0 unspecified atom stereocenters. The lowest BCUT2D eigenvalue weighted by atomic mass is 10.0. The van der Waals surface area contributed by atoms with Gasteiger partial charge < -0.3 is 10.1 Å². The Hall–Kier alpha value is -2.88. The number of carbonyl (C=O) groups is 1. The molecule has 0 aliphatic carbocycles. The van der Waals surface area contributed by atoms with E-state index >= 15 is 0 Å². The maximum Gasteiger partial charge on any atom is 0.257 e. The van der Waals surface area contributed by atoms with Crippen molar-refractivity contribution in [3.63, 3.8) is 0 Å². The van der Waals surface area contributed by atoms with Gasteiger partial charge in [-0.15, -0.1) is 0 Å². The van der Waals surface area contributed by atoms with Crippen LogP contribution in [0.15, 0.2) is 48.5 Å². The average Bonchev–Trinajstić information content (AvgIpc) is 2.61. The molecule has 4 heteroatoms. The summed E-state index contributed by atoms with van der Waals surface area (Å²) in [5, 5.41) is 3.83. The largest absolute Gasteiger partial charge is 0.497 e. The van der Waals surface area contributed by atoms with Crippen LogP contribution in [-0.4, -0.2) is 18.0 Å². The van der Waals surface area contributed by atoms with Gasteiger partial charge in [0.15, 0.2) is 0 Å². The lowest BCUT2D eigenvalue weighted by Gasteiger charge is -2.11. The van der Waals surface area contributed by atoms with Gasteiger partial charge in [-0.25, -0.2) is 0 Å². The number of anilines is 1. The number of benzene rings is 2. The molecule has 3 aromatic rings. The summed E-state index contributed by atoms with van der Waals surface area (Å²) in [5.41, 5.74) is 4.13. The molecular weight excluding hydrogens is 312 g/mol. The molecule has 25 heavy (non-hydrogen) atoms. The number of ether oxygens (including phenoxy) is 1. The summed E-state index contributed by atoms with van der Waals surface area (Å²) >= 11 is 0. The quantitative estimate of drug-likeness (QED) is 0.736. The van der Waals surface area contributed by atoms with E-state index in [2.05, 4.69) is 24.1 Å². The van der Waals surface area contributed by atoms with Crippen molar-refractivity contribution in [2.45, 2.75) is 26.7 Å². The van der Waals surface area contributed by atoms with Crippen LogP contribution in [0, 0.1) is 6.92 Å². The number of pyridine rings is 1. The van der Waals surface area contributed by atoms with Crippen LogP contribution in [0.4, 0.5) is 5.69 Å². The van der Waals surface area contributed by atoms with Crippen LogP contribution in [0.1, 0.15) is 41.4 Å². The average molecular weight is 334 g/mol. The van der Waals surface area contributed by atoms with Crippen LogP contribution in [0.5, 0.6) is 5.75 Å². The van der Waals surface area contributed by atoms with Crippen LogP contribution in [0.3, 0.4) is 0 Å². The summed E-state index contributed by atoms with van der Waals surface area (Å²) < 4.78 is 5.25. The van der Waals surface area contributed by atoms with Crippen molar-refractivity contribution < 1.29 is 9.53 Å². The van der Waals surface area contributed by atoms with Crippen molar-refractivity contribution in [3.05, 3.63) is 65.4 Å². The number of amides is 1. The third kappa shape index (κ3) is 3.63. The normalized spacial score (nSPS) is 10.9. The van der Waals surface area contributed by atoms with Gasteiger partial charge in [-0.3, -0.25) is 9.78 Å². The fourth-order valence-corrected chi connectivity index (χ4v) is 2.76. The number of hydrogen-bond acceptors (Lipinski definition) is 3. The molecule has 0 saturated heterocycles. The van der Waals surface area contributed by atoms with Gasteiger partial charge in [0.2, 0.25) is 0 Å². The Labute approximate surface area is 147 Å². The Morgan fingerprint density at radius 2 is 1.80 bits per heavy atom. The van der Waals surface area contributed by atoms with Gasteiger partial charge >= 0.3 is 0 Å². The van der Waals surface area contributed by atoms with Crippen LogP contribution in [0.25, 0.3) is 10.9 Å². The highest BCUT2D eigenvalue weighted by Gasteiger charge is 2.13. The van der Waals surface area contributed by atoms with Crippen molar-refractivity contribution in [2.75, 3.05) is 12.4 Å². The van der Waals surface area contributed by atoms with Gasteiger partial charge in [0.05, 0.1) is 23.9 Å². The van der Waals surface area contributed by atoms with Crippen LogP contribution >= 0.6 is 0 Å². The lowest BCUT2D eigenvalue weighted by Crippen LogP contribution is -2.14. The molecular formula is C21H22N2O2. The molecule has 0 fully saturated rings. The van der Waals surface area contributed by atoms with E-state index < -0.39 is 0 Å². The second-order valence-electron chi connectivity index (χ2n) is 6.41. The molecule has 0 atom stereocenters. The predicted octanol–water partition coefficient (Wildman–Crippen LogP) is 4.93. The summed E-state index contributed by atoms with van der Waals surface area (Å²) in [5.74, 6) is 1.05. The molecule has 0 aliphatic rings. The Bertz CT molecular complexity index is 915. The maximum absolute atomic E-state index is 12.7. The van der Waals surface area contributed by atoms with E-state index in [0.29, 0.717) is 17.2 Å². The number of nitrogens with zero attached hydrogens (tertiary/aromatic N) is 1. The fraction of sp³-hybridized carbons (Fsp3) is 0.238. The number of methoxy groups -OCH3 is 1. The Morgan fingerprint density at radius 1 is 1.08 bits per heavy atom. The number of carbonyl (C=O) groups excluding carboxylic acids is 1. The van der Waals surface area contributed by atoms with Crippen LogP contribution < -0.4 is 10.1 Å². The van der Waals surface area contributed by atoms with Crippen molar-refractivity contribution >= 4 is 22.5 Å². The summed E-state index contributed by atoms with van der Waals surface area (Å²) in [7, 11) is 1.62. The minimum absolute atomic E-state index is 0.160. The first-order valence-corrected chi connectivity index (χ1v) is 8.34. The molecule has 3 rings (SSSR count). The van der Waals surface area contributed by atoms with E-state index in [4.69, 9.17) is 4.74 Å². The van der Waals surface area contributed by atoms with Gasteiger partial charge in [-0.1, -0.05) is 26.0 Å². The minimum atomic E-state index is -0.160. The van der Waals surface area contributed by atoms with Gasteiger partial charge in [0.25, 0.3) is 5.91 Å². The molecule has 1 amide bonds. The highest BCUT2D eigenvalue weighted by molar-refractivity contribution is 6.06. The van der Waals surface area contributed by atoms with Gasteiger partial charge in [-0.05, 0) is 54.8 Å². The third-order valence-corrected chi connectivity index (χ3v) is 4.29. The third-order valence-electron chi connectivity index (χ3n) is 4.29. The minimum Gasteiger partial charge on any atom is -0.497 e. The molecule has 0 spiro atoms. The molecule has 0 bridgehead atoms. The van der Waals surface area contributed by atoms with E-state index in [1.165, 1.54) is 5.56 Å². The maximum atomic E-state index is 12.7. The molecule has 2 aromatic carbocycles. The summed E-state index contributed by atoms with van der Waals surface area (Å²) in [6, 6.07) is 15.4. The van der Waals surface area contributed by atoms with Crippen LogP contribution in [0.2, 0.25) is 0 Å². The Balaban J connectivity index is 1.89. The Kier molecular flexibility index (Phi) is 4.70. The summed E-state index contributed by atoms with van der Waals surface area (Å²) in [4.78, 5) is 17.2. The van der Waals surface area contributed by atoms with Crippen molar-refractivity contribution in [1.29, 1.82) is 0 Å². The van der Waals surface area contributed by atoms with Gasteiger partial charge in [0.1, 0.15) is 5.75 Å². The number of hydrogen-bond donors (Lipinski definition) is 1. The SMILES string of the molecule is COc1ccc2nc(C)c(C(=O)Nc3ccc(C(C)C)cc3)cc2c1. The zero-order valence-electron chi connectivity index (χ0n) is 15.0. The summed E-state index contributed by atoms with van der Waals surface area (Å²) in [6.45, 7) is 6.14. The molecule has 128 valence electrons.